The molecule has 0 spiro atoms. The van der Waals surface area contributed by atoms with Gasteiger partial charge < -0.3 is 14.4 Å². The van der Waals surface area contributed by atoms with E-state index in [1.165, 1.54) is 4.90 Å². The molecule has 0 heterocycles. The van der Waals surface area contributed by atoms with Crippen molar-refractivity contribution in [1.29, 1.82) is 0 Å². The van der Waals surface area contributed by atoms with Crippen LogP contribution in [0.15, 0.2) is 24.3 Å². The van der Waals surface area contributed by atoms with Gasteiger partial charge in [-0.25, -0.2) is 4.79 Å². The number of carbonyl (C=O) groups is 2. The fourth-order valence-corrected chi connectivity index (χ4v) is 1.96. The molecule has 22 heavy (non-hydrogen) atoms. The number of nitrogens with zero attached hydrogens (tertiary/aromatic N) is 2. The molecule has 0 saturated carbocycles. The normalized spacial score (nSPS) is 14.0. The van der Waals surface area contributed by atoms with E-state index in [1.807, 2.05) is 43.3 Å². The van der Waals surface area contributed by atoms with Gasteiger partial charge in [-0.1, -0.05) is 12.1 Å². The molecule has 0 N–H and O–H groups in total. The molecule has 0 saturated heterocycles. The minimum absolute atomic E-state index is 0.530. The van der Waals surface area contributed by atoms with Crippen molar-refractivity contribution in [3.05, 3.63) is 29.8 Å². The highest BCUT2D eigenvalue weighted by molar-refractivity contribution is 5.78. The van der Waals surface area contributed by atoms with Crippen molar-refractivity contribution in [3.8, 4) is 0 Å². The summed E-state index contributed by atoms with van der Waals surface area (Å²) in [5.74, 6) is 0. The summed E-state index contributed by atoms with van der Waals surface area (Å²) in [5, 5.41) is 0. The van der Waals surface area contributed by atoms with Crippen molar-refractivity contribution in [2.24, 2.45) is 0 Å². The minimum Gasteiger partial charge on any atom is -0.444 e. The third kappa shape index (κ3) is 4.00. The number of hydrogen-bond donors (Lipinski definition) is 0. The zero-order valence-corrected chi connectivity index (χ0v) is 14.5. The molecule has 5 nitrogen and oxygen atoms in total. The van der Waals surface area contributed by atoms with Crippen LogP contribution in [0.2, 0.25) is 0 Å². The van der Waals surface area contributed by atoms with Gasteiger partial charge in [0.25, 0.3) is 0 Å². The van der Waals surface area contributed by atoms with Gasteiger partial charge in [-0.3, -0.25) is 4.90 Å². The van der Waals surface area contributed by atoms with Crippen LogP contribution in [0.25, 0.3) is 0 Å². The number of hydrogen-bond acceptors (Lipinski definition) is 4. The Labute approximate surface area is 132 Å². The Morgan fingerprint density at radius 2 is 1.73 bits per heavy atom. The smallest absolute Gasteiger partial charge is 0.411 e. The molecule has 1 aromatic carbocycles. The Kier molecular flexibility index (Phi) is 5.22. The van der Waals surface area contributed by atoms with Crippen molar-refractivity contribution >= 4 is 18.1 Å². The average molecular weight is 306 g/mol. The zero-order valence-electron chi connectivity index (χ0n) is 14.5. The zero-order chi connectivity index (χ0) is 17.1. The van der Waals surface area contributed by atoms with E-state index in [9.17, 15) is 9.59 Å². The van der Waals surface area contributed by atoms with E-state index in [-0.39, 0.29) is 0 Å². The van der Waals surface area contributed by atoms with Gasteiger partial charge in [0.2, 0.25) is 0 Å². The summed E-state index contributed by atoms with van der Waals surface area (Å²) in [4.78, 5) is 27.3. The minimum atomic E-state index is -1.09. The number of amides is 1. The Bertz CT molecular complexity index is 549. The van der Waals surface area contributed by atoms with Gasteiger partial charge in [0.15, 0.2) is 0 Å². The van der Waals surface area contributed by atoms with Crippen LogP contribution in [-0.2, 0) is 15.1 Å². The van der Waals surface area contributed by atoms with E-state index in [2.05, 4.69) is 0 Å². The fraction of sp³-hybridized carbons (Fsp3) is 0.529. The molecule has 1 atom stereocenters. The molecule has 0 bridgehead atoms. The van der Waals surface area contributed by atoms with Crippen LogP contribution in [0.4, 0.5) is 10.5 Å². The molecule has 0 aromatic heterocycles. The molecule has 0 aliphatic carbocycles. The first kappa shape index (κ1) is 18.0. The van der Waals surface area contributed by atoms with Gasteiger partial charge in [0.05, 0.1) is 0 Å². The highest BCUT2D eigenvalue weighted by atomic mass is 16.6. The maximum atomic E-state index is 12.3. The quantitative estimate of drug-likeness (QED) is 0.802. The molecule has 122 valence electrons. The number of carbonyl (C=O) groups excluding carboxylic acids is 2. The van der Waals surface area contributed by atoms with E-state index in [4.69, 9.17) is 4.74 Å². The van der Waals surface area contributed by atoms with Crippen molar-refractivity contribution in [2.45, 2.75) is 38.8 Å². The maximum Gasteiger partial charge on any atom is 0.411 e. The molecule has 0 fully saturated rings. The first-order valence-corrected chi connectivity index (χ1v) is 7.22. The SMILES string of the molecule is CN(C)c1cccc(C(C)(C=O)N(C)C(=O)OC(C)(C)C)c1. The van der Waals surface area contributed by atoms with E-state index in [0.717, 1.165) is 17.5 Å². The molecule has 1 aromatic rings. The number of rotatable bonds is 4. The van der Waals surface area contributed by atoms with Crippen LogP contribution in [0.1, 0.15) is 33.3 Å². The summed E-state index contributed by atoms with van der Waals surface area (Å²) in [6.45, 7) is 7.09. The van der Waals surface area contributed by atoms with Gasteiger partial charge in [-0.2, -0.15) is 0 Å². The van der Waals surface area contributed by atoms with Gasteiger partial charge in [-0.15, -0.1) is 0 Å². The Morgan fingerprint density at radius 1 is 1.14 bits per heavy atom. The largest absolute Gasteiger partial charge is 0.444 e. The van der Waals surface area contributed by atoms with Gasteiger partial charge in [0, 0.05) is 26.8 Å². The number of ether oxygens (including phenoxy) is 1. The third-order valence-electron chi connectivity index (χ3n) is 3.54. The molecule has 1 unspecified atom stereocenters. The van der Waals surface area contributed by atoms with Crippen LogP contribution >= 0.6 is 0 Å². The standard InChI is InChI=1S/C17H26N2O3/c1-16(2,3)22-15(21)19(7)17(4,12-20)13-9-8-10-14(11-13)18(5)6/h8-12H,1-7H3. The lowest BCUT2D eigenvalue weighted by molar-refractivity contribution is -0.117. The van der Waals surface area contributed by atoms with Crippen LogP contribution in [0, 0.1) is 0 Å². The Balaban J connectivity index is 3.18. The van der Waals surface area contributed by atoms with Gasteiger partial charge in [0.1, 0.15) is 17.4 Å². The third-order valence-corrected chi connectivity index (χ3v) is 3.54. The second kappa shape index (κ2) is 6.38. The van der Waals surface area contributed by atoms with Gasteiger partial charge >= 0.3 is 6.09 Å². The summed E-state index contributed by atoms with van der Waals surface area (Å²) >= 11 is 0. The van der Waals surface area contributed by atoms with E-state index in [1.54, 1.807) is 34.7 Å². The maximum absolute atomic E-state index is 12.3. The summed E-state index contributed by atoms with van der Waals surface area (Å²) < 4.78 is 5.36. The number of anilines is 1. The van der Waals surface area contributed by atoms with Crippen LogP contribution in [0.5, 0.6) is 0 Å². The molecule has 0 aliphatic heterocycles. The first-order valence-electron chi connectivity index (χ1n) is 7.22. The predicted octanol–water partition coefficient (Wildman–Crippen LogP) is 3.03. The van der Waals surface area contributed by atoms with Crippen LogP contribution in [0.3, 0.4) is 0 Å². The van der Waals surface area contributed by atoms with Crippen molar-refractivity contribution in [3.63, 3.8) is 0 Å². The molecule has 1 rings (SSSR count). The van der Waals surface area contributed by atoms with E-state index < -0.39 is 17.2 Å². The molecule has 5 heteroatoms. The van der Waals surface area contributed by atoms with Crippen molar-refractivity contribution in [1.82, 2.24) is 4.90 Å². The summed E-state index contributed by atoms with van der Waals surface area (Å²) in [6.07, 6.45) is 0.239. The number of benzene rings is 1. The lowest BCUT2D eigenvalue weighted by atomic mass is 9.91. The second-order valence-corrected chi connectivity index (χ2v) is 6.75. The number of likely N-dealkylation sites (N-methyl/N-ethyl adjacent to an activating group) is 1. The molecular formula is C17H26N2O3. The first-order chi connectivity index (χ1) is 10.0. The highest BCUT2D eigenvalue weighted by Gasteiger charge is 2.36. The van der Waals surface area contributed by atoms with Crippen LogP contribution in [-0.4, -0.2) is 44.0 Å². The highest BCUT2D eigenvalue weighted by Crippen LogP contribution is 2.29. The molecular weight excluding hydrogens is 280 g/mol. The second-order valence-electron chi connectivity index (χ2n) is 6.75. The summed E-state index contributed by atoms with van der Waals surface area (Å²) in [5.41, 5.74) is -0.000149. The molecule has 0 aliphatic rings. The monoisotopic (exact) mass is 306 g/mol. The number of aldehydes is 1. The van der Waals surface area contributed by atoms with E-state index in [0.29, 0.717) is 0 Å². The predicted molar refractivity (Wildman–Crippen MR) is 88.2 cm³/mol. The fourth-order valence-electron chi connectivity index (χ4n) is 1.96. The Hall–Kier alpha value is -2.04. The molecule has 1 amide bonds. The average Bonchev–Trinajstić information content (AvgIpc) is 2.43. The van der Waals surface area contributed by atoms with Crippen molar-refractivity contribution in [2.75, 3.05) is 26.0 Å². The summed E-state index contributed by atoms with van der Waals surface area (Å²) in [7, 11) is 5.43. The van der Waals surface area contributed by atoms with Crippen LogP contribution < -0.4 is 4.90 Å². The van der Waals surface area contributed by atoms with Crippen molar-refractivity contribution < 1.29 is 14.3 Å². The lowest BCUT2D eigenvalue weighted by Crippen LogP contribution is -2.48. The molecule has 0 radical (unpaired) electrons. The lowest BCUT2D eigenvalue weighted by Gasteiger charge is -2.36. The topological polar surface area (TPSA) is 49.9 Å². The summed E-state index contributed by atoms with van der Waals surface area (Å²) in [6, 6.07) is 7.55. The van der Waals surface area contributed by atoms with Gasteiger partial charge in [-0.05, 0) is 45.4 Å². The van der Waals surface area contributed by atoms with E-state index >= 15 is 0 Å². The Morgan fingerprint density at radius 3 is 2.18 bits per heavy atom.